The maximum absolute atomic E-state index is 13.0. The van der Waals surface area contributed by atoms with E-state index in [1.165, 1.54) is 4.90 Å². The second-order valence-electron chi connectivity index (χ2n) is 8.88. The Kier molecular flexibility index (Phi) is 7.27. The van der Waals surface area contributed by atoms with Crippen molar-refractivity contribution in [2.24, 2.45) is 0 Å². The van der Waals surface area contributed by atoms with Crippen LogP contribution in [0.4, 0.5) is 0 Å². The van der Waals surface area contributed by atoms with Crippen molar-refractivity contribution in [1.29, 1.82) is 0 Å². The van der Waals surface area contributed by atoms with Crippen molar-refractivity contribution in [2.45, 2.75) is 19.6 Å². The van der Waals surface area contributed by atoms with E-state index in [1.807, 2.05) is 50.2 Å². The third kappa shape index (κ3) is 5.41. The summed E-state index contributed by atoms with van der Waals surface area (Å²) in [6, 6.07) is 17.8. The van der Waals surface area contributed by atoms with Crippen LogP contribution < -0.4 is 4.74 Å². The van der Waals surface area contributed by atoms with E-state index in [9.17, 15) is 14.7 Å². The molecular weight excluding hydrogens is 442 g/mol. The van der Waals surface area contributed by atoms with E-state index in [0.717, 1.165) is 11.1 Å². The molecule has 0 bridgehead atoms. The molecule has 7 nitrogen and oxygen atoms in total. The number of ether oxygens (including phenoxy) is 1. The first kappa shape index (κ1) is 24.2. The van der Waals surface area contributed by atoms with E-state index in [-0.39, 0.29) is 11.3 Å². The number of aliphatic hydroxyl groups excluding tert-OH is 1. The number of carbonyl (C=O) groups is 2. The molecule has 0 radical (unpaired) electrons. The molecule has 1 aliphatic heterocycles. The van der Waals surface area contributed by atoms with Crippen LogP contribution >= 0.6 is 0 Å². The number of aliphatic hydroxyl groups is 1. The van der Waals surface area contributed by atoms with E-state index in [2.05, 4.69) is 11.1 Å². The van der Waals surface area contributed by atoms with Gasteiger partial charge in [-0.3, -0.25) is 14.6 Å². The number of nitrogens with zero attached hydrogens (tertiary/aromatic N) is 3. The van der Waals surface area contributed by atoms with Gasteiger partial charge in [-0.1, -0.05) is 35.9 Å². The van der Waals surface area contributed by atoms with Gasteiger partial charge in [0, 0.05) is 31.0 Å². The van der Waals surface area contributed by atoms with Gasteiger partial charge in [0.1, 0.15) is 18.1 Å². The number of pyridine rings is 1. The lowest BCUT2D eigenvalue weighted by Crippen LogP contribution is -2.35. The summed E-state index contributed by atoms with van der Waals surface area (Å²) in [4.78, 5) is 33.6. The van der Waals surface area contributed by atoms with Crippen molar-refractivity contribution < 1.29 is 19.4 Å². The van der Waals surface area contributed by atoms with Crippen LogP contribution in [0.1, 0.15) is 28.3 Å². The lowest BCUT2D eigenvalue weighted by Gasteiger charge is -2.26. The molecule has 0 saturated carbocycles. The summed E-state index contributed by atoms with van der Waals surface area (Å²) in [5.74, 6) is -0.900. The SMILES string of the molecule is Cc1cccc(COc2ccc(/C(O)=C3\C(=O)C(=O)N(CCN(C)C)C3c3cccnc3)cc2)c1. The van der Waals surface area contributed by atoms with E-state index < -0.39 is 17.7 Å². The van der Waals surface area contributed by atoms with Gasteiger partial charge in [-0.15, -0.1) is 0 Å². The number of rotatable bonds is 8. The highest BCUT2D eigenvalue weighted by Crippen LogP contribution is 2.39. The zero-order valence-electron chi connectivity index (χ0n) is 20.1. The molecule has 2 aromatic carbocycles. The number of aryl methyl sites for hydroxylation is 1. The highest BCUT2D eigenvalue weighted by atomic mass is 16.5. The maximum Gasteiger partial charge on any atom is 0.295 e. The molecule has 1 atom stereocenters. The highest BCUT2D eigenvalue weighted by molar-refractivity contribution is 6.46. The first-order valence-electron chi connectivity index (χ1n) is 11.5. The summed E-state index contributed by atoms with van der Waals surface area (Å²) in [6.07, 6.45) is 3.25. The number of hydrogen-bond donors (Lipinski definition) is 1. The predicted molar refractivity (Wildman–Crippen MR) is 134 cm³/mol. The fourth-order valence-corrected chi connectivity index (χ4v) is 4.14. The fourth-order valence-electron chi connectivity index (χ4n) is 4.14. The number of likely N-dealkylation sites (N-methyl/N-ethyl adjacent to an activating group) is 1. The maximum atomic E-state index is 13.0. The van der Waals surface area contributed by atoms with Crippen LogP contribution in [0.15, 0.2) is 78.6 Å². The van der Waals surface area contributed by atoms with Crippen molar-refractivity contribution in [2.75, 3.05) is 27.2 Å². The van der Waals surface area contributed by atoms with Gasteiger partial charge in [-0.2, -0.15) is 0 Å². The van der Waals surface area contributed by atoms with Gasteiger partial charge in [0.15, 0.2) is 0 Å². The largest absolute Gasteiger partial charge is 0.507 e. The molecule has 4 rings (SSSR count). The number of hydrogen-bond acceptors (Lipinski definition) is 6. The molecule has 1 saturated heterocycles. The zero-order valence-corrected chi connectivity index (χ0v) is 20.1. The fraction of sp³-hybridized carbons (Fsp3) is 0.250. The van der Waals surface area contributed by atoms with Crippen molar-refractivity contribution in [3.05, 3.63) is 101 Å². The Morgan fingerprint density at radius 1 is 1.09 bits per heavy atom. The number of benzene rings is 2. The minimum Gasteiger partial charge on any atom is -0.507 e. The van der Waals surface area contributed by atoms with Crippen LogP contribution in [0, 0.1) is 6.92 Å². The Morgan fingerprint density at radius 3 is 2.51 bits per heavy atom. The number of likely N-dealkylation sites (tertiary alicyclic amines) is 1. The second-order valence-corrected chi connectivity index (χ2v) is 8.88. The molecule has 2 heterocycles. The van der Waals surface area contributed by atoms with Gasteiger partial charge in [0.25, 0.3) is 11.7 Å². The Labute approximate surface area is 205 Å². The number of carbonyl (C=O) groups excluding carboxylic acids is 2. The van der Waals surface area contributed by atoms with Gasteiger partial charge < -0.3 is 19.6 Å². The molecule has 180 valence electrons. The summed E-state index contributed by atoms with van der Waals surface area (Å²) in [5, 5.41) is 11.2. The van der Waals surface area contributed by atoms with Crippen LogP contribution in [0.5, 0.6) is 5.75 Å². The van der Waals surface area contributed by atoms with Gasteiger partial charge in [-0.25, -0.2) is 0 Å². The summed E-state index contributed by atoms with van der Waals surface area (Å²) in [7, 11) is 3.80. The van der Waals surface area contributed by atoms with Crippen molar-refractivity contribution in [1.82, 2.24) is 14.8 Å². The minimum absolute atomic E-state index is 0.0650. The molecule has 1 aromatic heterocycles. The molecule has 7 heteroatoms. The summed E-state index contributed by atoms with van der Waals surface area (Å²) < 4.78 is 5.87. The molecule has 3 aromatic rings. The number of amides is 1. The number of Topliss-reactive ketones (excluding diaryl/α,β-unsaturated/α-hetero) is 1. The Morgan fingerprint density at radius 2 is 1.86 bits per heavy atom. The van der Waals surface area contributed by atoms with Crippen LogP contribution in [-0.4, -0.2) is 58.8 Å². The normalized spacial score (nSPS) is 17.3. The minimum atomic E-state index is -0.708. The van der Waals surface area contributed by atoms with Crippen LogP contribution in [0.25, 0.3) is 5.76 Å². The molecule has 1 fully saturated rings. The Bertz CT molecular complexity index is 1240. The average molecular weight is 472 g/mol. The van der Waals surface area contributed by atoms with Crippen LogP contribution in [-0.2, 0) is 16.2 Å². The Hall–Kier alpha value is -3.97. The van der Waals surface area contributed by atoms with Crippen molar-refractivity contribution in [3.63, 3.8) is 0 Å². The topological polar surface area (TPSA) is 83.0 Å². The van der Waals surface area contributed by atoms with Crippen molar-refractivity contribution in [3.8, 4) is 5.75 Å². The predicted octanol–water partition coefficient (Wildman–Crippen LogP) is 3.95. The summed E-state index contributed by atoms with van der Waals surface area (Å²) in [6.45, 7) is 3.38. The lowest BCUT2D eigenvalue weighted by atomic mass is 9.96. The smallest absolute Gasteiger partial charge is 0.295 e. The standard InChI is InChI=1S/C28H29N3O4/c1-19-6-4-7-20(16-19)18-35-23-11-9-21(10-12-23)26(32)24-25(22-8-5-13-29-17-22)31(15-14-30(2)3)28(34)27(24)33/h4-13,16-17,25,32H,14-15,18H2,1-3H3/b26-24+. The van der Waals surface area contributed by atoms with Crippen LogP contribution in [0.2, 0.25) is 0 Å². The van der Waals surface area contributed by atoms with Gasteiger partial charge in [-0.05, 0) is 62.5 Å². The highest BCUT2D eigenvalue weighted by Gasteiger charge is 2.46. The molecule has 1 aliphatic rings. The van der Waals surface area contributed by atoms with E-state index in [0.29, 0.717) is 36.6 Å². The van der Waals surface area contributed by atoms with Gasteiger partial charge in [0.05, 0.1) is 11.6 Å². The average Bonchev–Trinajstić information content (AvgIpc) is 3.11. The van der Waals surface area contributed by atoms with Gasteiger partial charge >= 0.3 is 0 Å². The summed E-state index contributed by atoms with van der Waals surface area (Å²) in [5.41, 5.74) is 3.40. The lowest BCUT2D eigenvalue weighted by molar-refractivity contribution is -0.140. The zero-order chi connectivity index (χ0) is 24.9. The van der Waals surface area contributed by atoms with Crippen molar-refractivity contribution >= 4 is 17.4 Å². The third-order valence-corrected chi connectivity index (χ3v) is 5.94. The third-order valence-electron chi connectivity index (χ3n) is 5.94. The quantitative estimate of drug-likeness (QED) is 0.304. The Balaban J connectivity index is 1.62. The molecule has 35 heavy (non-hydrogen) atoms. The van der Waals surface area contributed by atoms with E-state index in [4.69, 9.17) is 4.74 Å². The molecule has 1 N–H and O–H groups in total. The first-order valence-corrected chi connectivity index (χ1v) is 11.5. The second kappa shape index (κ2) is 10.5. The molecule has 1 amide bonds. The van der Waals surface area contributed by atoms with E-state index in [1.54, 1.807) is 42.7 Å². The molecule has 0 aliphatic carbocycles. The molecule has 0 spiro atoms. The number of aromatic nitrogens is 1. The van der Waals surface area contributed by atoms with E-state index >= 15 is 0 Å². The molecular formula is C28H29N3O4. The first-order chi connectivity index (χ1) is 16.8. The van der Waals surface area contributed by atoms with Crippen LogP contribution in [0.3, 0.4) is 0 Å². The summed E-state index contributed by atoms with van der Waals surface area (Å²) >= 11 is 0. The van der Waals surface area contributed by atoms with Gasteiger partial charge in [0.2, 0.25) is 0 Å². The molecule has 1 unspecified atom stereocenters. The number of ketones is 1. The monoisotopic (exact) mass is 471 g/mol.